The Kier molecular flexibility index (Phi) is 8.11. The topological polar surface area (TPSA) is 128 Å². The Balaban J connectivity index is 0.000000301. The van der Waals surface area contributed by atoms with Crippen molar-refractivity contribution < 1.29 is 9.59 Å². The smallest absolute Gasteiger partial charge is 0.272 e. The van der Waals surface area contributed by atoms with Crippen molar-refractivity contribution in [2.75, 3.05) is 36.8 Å². The van der Waals surface area contributed by atoms with Gasteiger partial charge in [-0.2, -0.15) is 5.26 Å². The van der Waals surface area contributed by atoms with Crippen LogP contribution in [0.5, 0.6) is 0 Å². The van der Waals surface area contributed by atoms with Gasteiger partial charge in [0.2, 0.25) is 5.91 Å². The van der Waals surface area contributed by atoms with Crippen LogP contribution in [0.1, 0.15) is 41.9 Å². The molecule has 9 nitrogen and oxygen atoms in total. The third-order valence-electron chi connectivity index (χ3n) is 6.59. The summed E-state index contributed by atoms with van der Waals surface area (Å²) in [6, 6.07) is 15.4. The number of piperazine rings is 1. The summed E-state index contributed by atoms with van der Waals surface area (Å²) in [6.07, 6.45) is 5.13. The Bertz CT molecular complexity index is 1290. The first-order chi connectivity index (χ1) is 17.9. The molecule has 4 heterocycles. The lowest BCUT2D eigenvalue weighted by molar-refractivity contribution is -0.117. The molecule has 1 saturated heterocycles. The third-order valence-corrected chi connectivity index (χ3v) is 6.59. The molecule has 9 heteroatoms. The molecule has 0 unspecified atom stereocenters. The monoisotopic (exact) mass is 497 g/mol. The van der Waals surface area contributed by atoms with Crippen LogP contribution < -0.4 is 16.0 Å². The Labute approximate surface area is 216 Å². The highest BCUT2D eigenvalue weighted by Gasteiger charge is 2.26. The van der Waals surface area contributed by atoms with Crippen LogP contribution in [0.25, 0.3) is 11.1 Å². The predicted molar refractivity (Wildman–Crippen MR) is 143 cm³/mol. The first-order valence-electron chi connectivity index (χ1n) is 12.4. The number of carbonyl (C=O) groups excluding carboxylic acids is 2. The fourth-order valence-electron chi connectivity index (χ4n) is 4.60. The predicted octanol–water partition coefficient (Wildman–Crippen LogP) is 3.02. The number of nitrogen functional groups attached to an aromatic ring is 1. The normalized spacial score (nSPS) is 16.6. The number of rotatable bonds is 2. The van der Waals surface area contributed by atoms with E-state index in [0.29, 0.717) is 17.1 Å². The first kappa shape index (κ1) is 25.8. The lowest BCUT2D eigenvalue weighted by Gasteiger charge is -2.34. The van der Waals surface area contributed by atoms with E-state index >= 15 is 0 Å². The molecule has 2 aliphatic rings. The second-order valence-electron chi connectivity index (χ2n) is 9.18. The number of nitrogens with one attached hydrogen (secondary N) is 1. The van der Waals surface area contributed by atoms with Gasteiger partial charge in [-0.25, -0.2) is 4.98 Å². The summed E-state index contributed by atoms with van der Waals surface area (Å²) in [5, 5.41) is 11.5. The number of aromatic nitrogens is 2. The quantitative estimate of drug-likeness (QED) is 0.557. The van der Waals surface area contributed by atoms with E-state index in [4.69, 9.17) is 11.0 Å². The first-order valence-corrected chi connectivity index (χ1v) is 12.4. The molecule has 1 atom stereocenters. The van der Waals surface area contributed by atoms with Gasteiger partial charge in [0.05, 0.1) is 5.56 Å². The fourth-order valence-corrected chi connectivity index (χ4v) is 4.60. The SMILES string of the molecule is CC(=O)N1c2ccc(-c3ccc(C(=O)N4CCNCC4)nc3)cc2CC[C@@H]1C.N#Cc1ccc(N)nc1. The molecule has 1 fully saturated rings. The Hall–Kier alpha value is -4.29. The van der Waals surface area contributed by atoms with Gasteiger partial charge in [0.1, 0.15) is 17.6 Å². The number of nitrogens with zero attached hydrogens (tertiary/aromatic N) is 5. The fraction of sp³-hybridized carbons (Fsp3) is 0.321. The Morgan fingerprint density at radius 3 is 2.43 bits per heavy atom. The zero-order chi connectivity index (χ0) is 26.4. The van der Waals surface area contributed by atoms with Gasteiger partial charge >= 0.3 is 0 Å². The molecule has 190 valence electrons. The Morgan fingerprint density at radius 1 is 1.05 bits per heavy atom. The second-order valence-corrected chi connectivity index (χ2v) is 9.18. The summed E-state index contributed by atoms with van der Waals surface area (Å²) in [6.45, 7) is 6.81. The van der Waals surface area contributed by atoms with Crippen LogP contribution in [-0.4, -0.2) is 58.9 Å². The molecular formula is C28H31N7O2. The number of amides is 2. The molecule has 2 amide bonds. The van der Waals surface area contributed by atoms with Gasteiger partial charge in [-0.3, -0.25) is 14.6 Å². The number of hydrogen-bond donors (Lipinski definition) is 2. The van der Waals surface area contributed by atoms with E-state index in [2.05, 4.69) is 28.3 Å². The van der Waals surface area contributed by atoms with E-state index in [1.54, 1.807) is 25.3 Å². The molecule has 0 aliphatic carbocycles. The van der Waals surface area contributed by atoms with Crippen molar-refractivity contribution in [3.63, 3.8) is 0 Å². The number of benzene rings is 1. The number of nitriles is 1. The van der Waals surface area contributed by atoms with E-state index in [1.807, 2.05) is 40.1 Å². The molecule has 5 rings (SSSR count). The highest BCUT2D eigenvalue weighted by atomic mass is 16.2. The number of hydrogen-bond acceptors (Lipinski definition) is 7. The minimum Gasteiger partial charge on any atom is -0.384 e. The van der Waals surface area contributed by atoms with Gasteiger partial charge in [-0.1, -0.05) is 12.1 Å². The summed E-state index contributed by atoms with van der Waals surface area (Å²) >= 11 is 0. The molecule has 3 aromatic rings. The number of anilines is 2. The summed E-state index contributed by atoms with van der Waals surface area (Å²) < 4.78 is 0. The van der Waals surface area contributed by atoms with Crippen molar-refractivity contribution in [2.24, 2.45) is 0 Å². The zero-order valence-electron chi connectivity index (χ0n) is 21.1. The molecule has 0 radical (unpaired) electrons. The summed E-state index contributed by atoms with van der Waals surface area (Å²) in [4.78, 5) is 36.5. The molecule has 3 N–H and O–H groups in total. The molecule has 1 aromatic carbocycles. The maximum absolute atomic E-state index is 12.6. The van der Waals surface area contributed by atoms with E-state index in [-0.39, 0.29) is 17.9 Å². The lowest BCUT2D eigenvalue weighted by Crippen LogP contribution is -2.46. The van der Waals surface area contributed by atoms with E-state index in [0.717, 1.165) is 55.8 Å². The highest BCUT2D eigenvalue weighted by Crippen LogP contribution is 2.34. The minimum atomic E-state index is -0.00965. The van der Waals surface area contributed by atoms with E-state index in [9.17, 15) is 9.59 Å². The van der Waals surface area contributed by atoms with Gasteiger partial charge < -0.3 is 20.9 Å². The second kappa shape index (κ2) is 11.6. The number of aryl methyl sites for hydroxylation is 1. The number of fused-ring (bicyclic) bond motifs is 1. The van der Waals surface area contributed by atoms with Crippen LogP contribution in [-0.2, 0) is 11.2 Å². The van der Waals surface area contributed by atoms with E-state index in [1.165, 1.54) is 11.8 Å². The van der Waals surface area contributed by atoms with Crippen molar-refractivity contribution in [2.45, 2.75) is 32.7 Å². The van der Waals surface area contributed by atoms with Crippen LogP contribution in [0.3, 0.4) is 0 Å². The lowest BCUT2D eigenvalue weighted by atomic mass is 9.93. The average Bonchev–Trinajstić information content (AvgIpc) is 2.93. The number of nitrogens with two attached hydrogens (primary N) is 1. The molecule has 0 saturated carbocycles. The number of pyridine rings is 2. The van der Waals surface area contributed by atoms with Gasteiger partial charge in [0, 0.05) is 62.8 Å². The van der Waals surface area contributed by atoms with Crippen molar-refractivity contribution in [3.05, 3.63) is 71.7 Å². The zero-order valence-corrected chi connectivity index (χ0v) is 21.1. The molecule has 0 bridgehead atoms. The number of carbonyl (C=O) groups is 2. The van der Waals surface area contributed by atoms with E-state index < -0.39 is 0 Å². The van der Waals surface area contributed by atoms with Crippen LogP contribution in [0, 0.1) is 11.3 Å². The van der Waals surface area contributed by atoms with Crippen LogP contribution in [0.2, 0.25) is 0 Å². The maximum Gasteiger partial charge on any atom is 0.272 e. The maximum atomic E-state index is 12.6. The third kappa shape index (κ3) is 6.11. The van der Waals surface area contributed by atoms with Crippen molar-refractivity contribution in [1.82, 2.24) is 20.2 Å². The summed E-state index contributed by atoms with van der Waals surface area (Å²) in [5.74, 6) is 0.511. The van der Waals surface area contributed by atoms with Gasteiger partial charge in [0.25, 0.3) is 5.91 Å². The molecule has 2 aromatic heterocycles. The highest BCUT2D eigenvalue weighted by molar-refractivity contribution is 5.94. The van der Waals surface area contributed by atoms with Crippen LogP contribution in [0.4, 0.5) is 11.5 Å². The van der Waals surface area contributed by atoms with Crippen molar-refractivity contribution >= 4 is 23.3 Å². The standard InChI is InChI=1S/C22H26N4O2.C6H5N3/c1-15-3-4-18-13-17(6-8-21(18)26(15)16(2)27)19-5-7-20(24-14-19)22(28)25-11-9-23-10-12-25;7-3-5-1-2-6(8)9-4-5/h5-8,13-15,23H,3-4,9-12H2,1-2H3;1-2,4H,(H2,8,9)/t15-;/m0./s1. The Morgan fingerprint density at radius 2 is 1.81 bits per heavy atom. The average molecular weight is 498 g/mol. The van der Waals surface area contributed by atoms with Gasteiger partial charge in [-0.05, 0) is 61.2 Å². The van der Waals surface area contributed by atoms with Gasteiger partial charge in [0.15, 0.2) is 0 Å². The molecular weight excluding hydrogens is 466 g/mol. The minimum absolute atomic E-state index is 0.00965. The largest absolute Gasteiger partial charge is 0.384 e. The molecule has 2 aliphatic heterocycles. The van der Waals surface area contributed by atoms with Crippen molar-refractivity contribution in [1.29, 1.82) is 5.26 Å². The van der Waals surface area contributed by atoms with Crippen LogP contribution >= 0.6 is 0 Å². The van der Waals surface area contributed by atoms with Gasteiger partial charge in [-0.15, -0.1) is 0 Å². The summed E-state index contributed by atoms with van der Waals surface area (Å²) in [5.41, 5.74) is 10.5. The molecule has 0 spiro atoms. The van der Waals surface area contributed by atoms with Crippen LogP contribution in [0.15, 0.2) is 54.9 Å². The summed E-state index contributed by atoms with van der Waals surface area (Å²) in [7, 11) is 0. The molecule has 37 heavy (non-hydrogen) atoms. The van der Waals surface area contributed by atoms with Crippen molar-refractivity contribution in [3.8, 4) is 17.2 Å².